The van der Waals surface area contributed by atoms with Crippen LogP contribution in [-0.2, 0) is 16.1 Å². The third-order valence-corrected chi connectivity index (χ3v) is 7.44. The highest BCUT2D eigenvalue weighted by Gasteiger charge is 2.28. The Morgan fingerprint density at radius 3 is 2.39 bits per heavy atom. The summed E-state index contributed by atoms with van der Waals surface area (Å²) in [5.41, 5.74) is 1.36. The molecular weight excluding hydrogens is 498 g/mol. The fourth-order valence-corrected chi connectivity index (χ4v) is 5.32. The van der Waals surface area contributed by atoms with Gasteiger partial charge >= 0.3 is 4.87 Å². The summed E-state index contributed by atoms with van der Waals surface area (Å²) in [5.74, 6) is 1.05. The Morgan fingerprint density at radius 2 is 1.67 bits per heavy atom. The third kappa shape index (κ3) is 5.45. The summed E-state index contributed by atoms with van der Waals surface area (Å²) in [6.07, 6.45) is 1.13. The number of piperidine rings is 1. The number of benzene rings is 3. The molecule has 0 spiro atoms. The molecule has 9 heteroatoms. The zero-order valence-corrected chi connectivity index (χ0v) is 20.9. The first-order valence-electron chi connectivity index (χ1n) is 11.7. The fraction of sp³-hybridized carbons (Fsp3) is 0.222. The van der Waals surface area contributed by atoms with Crippen LogP contribution in [0.1, 0.15) is 12.8 Å². The van der Waals surface area contributed by atoms with E-state index in [1.165, 1.54) is 4.57 Å². The van der Waals surface area contributed by atoms with Crippen molar-refractivity contribution >= 4 is 50.7 Å². The van der Waals surface area contributed by atoms with Crippen LogP contribution in [0.5, 0.6) is 11.5 Å². The molecule has 1 saturated heterocycles. The van der Waals surface area contributed by atoms with Crippen molar-refractivity contribution in [1.82, 2.24) is 9.47 Å². The molecule has 0 atom stereocenters. The molecule has 0 radical (unpaired) electrons. The molecule has 1 aliphatic heterocycles. The first-order valence-corrected chi connectivity index (χ1v) is 12.9. The lowest BCUT2D eigenvalue weighted by atomic mass is 9.95. The highest BCUT2D eigenvalue weighted by atomic mass is 35.5. The van der Waals surface area contributed by atoms with Gasteiger partial charge in [-0.1, -0.05) is 41.1 Å². The van der Waals surface area contributed by atoms with E-state index in [0.717, 1.165) is 21.8 Å². The number of fused-ring (bicyclic) bond motifs is 1. The van der Waals surface area contributed by atoms with Gasteiger partial charge in [-0.15, -0.1) is 0 Å². The summed E-state index contributed by atoms with van der Waals surface area (Å²) in [4.78, 5) is 39.6. The molecule has 0 unspecified atom stereocenters. The maximum absolute atomic E-state index is 12.9. The second-order valence-corrected chi connectivity index (χ2v) is 10.1. The van der Waals surface area contributed by atoms with Gasteiger partial charge in [0.05, 0.1) is 10.2 Å². The van der Waals surface area contributed by atoms with E-state index in [2.05, 4.69) is 5.32 Å². The Balaban J connectivity index is 1.14. The topological polar surface area (TPSA) is 80.6 Å². The molecule has 7 nitrogen and oxygen atoms in total. The van der Waals surface area contributed by atoms with E-state index < -0.39 is 0 Å². The molecule has 3 aromatic carbocycles. The maximum atomic E-state index is 12.9. The van der Waals surface area contributed by atoms with E-state index in [0.29, 0.717) is 47.9 Å². The molecule has 2 amide bonds. The molecule has 184 valence electrons. The normalized spacial score (nSPS) is 14.1. The molecule has 2 heterocycles. The second kappa shape index (κ2) is 10.6. The van der Waals surface area contributed by atoms with Gasteiger partial charge in [-0.25, -0.2) is 0 Å². The van der Waals surface area contributed by atoms with Gasteiger partial charge in [0.2, 0.25) is 11.8 Å². The van der Waals surface area contributed by atoms with Crippen LogP contribution in [0.15, 0.2) is 77.6 Å². The molecule has 1 N–H and O–H groups in total. The minimum Gasteiger partial charge on any atom is -0.457 e. The number of carbonyl (C=O) groups excluding carboxylic acids is 2. The van der Waals surface area contributed by atoms with Crippen LogP contribution < -0.4 is 14.9 Å². The summed E-state index contributed by atoms with van der Waals surface area (Å²) in [5, 5.41) is 3.48. The number of hydrogen-bond donors (Lipinski definition) is 1. The van der Waals surface area contributed by atoms with Gasteiger partial charge in [0.1, 0.15) is 18.0 Å². The maximum Gasteiger partial charge on any atom is 0.308 e. The van der Waals surface area contributed by atoms with Crippen molar-refractivity contribution in [1.29, 1.82) is 0 Å². The summed E-state index contributed by atoms with van der Waals surface area (Å²) in [6, 6.07) is 22.0. The summed E-state index contributed by atoms with van der Waals surface area (Å²) < 4.78 is 8.05. The number of nitrogens with one attached hydrogen (secondary N) is 1. The minimum absolute atomic E-state index is 0.0343. The first kappa shape index (κ1) is 24.1. The molecular formula is C27H24ClN3O4S. The quantitative estimate of drug-likeness (QED) is 0.369. The largest absolute Gasteiger partial charge is 0.457 e. The summed E-state index contributed by atoms with van der Waals surface area (Å²) >= 11 is 7.18. The lowest BCUT2D eigenvalue weighted by Gasteiger charge is -2.31. The Kier molecular flexibility index (Phi) is 7.06. The van der Waals surface area contributed by atoms with Gasteiger partial charge < -0.3 is 15.0 Å². The number of likely N-dealkylation sites (tertiary alicyclic amines) is 1. The number of nitrogens with zero attached hydrogens (tertiary/aromatic N) is 2. The van der Waals surface area contributed by atoms with E-state index in [9.17, 15) is 14.4 Å². The van der Waals surface area contributed by atoms with Crippen LogP contribution >= 0.6 is 22.9 Å². The number of halogens is 1. The number of thiazole rings is 1. The Bertz CT molecular complexity index is 1440. The van der Waals surface area contributed by atoms with Gasteiger partial charge in [-0.05, 0) is 67.4 Å². The zero-order chi connectivity index (χ0) is 25.1. The smallest absolute Gasteiger partial charge is 0.308 e. The van der Waals surface area contributed by atoms with Crippen LogP contribution in [0.25, 0.3) is 10.2 Å². The SMILES string of the molecule is O=C(Nc1ccc(Oc2ccccc2)cc1)C1CCN(C(=O)Cn2c(=O)sc3ccc(Cl)cc32)CC1. The van der Waals surface area contributed by atoms with Crippen LogP contribution in [0.2, 0.25) is 5.02 Å². The number of rotatable bonds is 6. The van der Waals surface area contributed by atoms with Crippen molar-refractivity contribution in [2.45, 2.75) is 19.4 Å². The van der Waals surface area contributed by atoms with Crippen LogP contribution in [-0.4, -0.2) is 34.4 Å². The number of carbonyl (C=O) groups is 2. The molecule has 5 rings (SSSR count). The first-order chi connectivity index (χ1) is 17.5. The third-order valence-electron chi connectivity index (χ3n) is 6.24. The van der Waals surface area contributed by atoms with Gasteiger partial charge in [-0.2, -0.15) is 0 Å². The van der Waals surface area contributed by atoms with Crippen LogP contribution in [0.4, 0.5) is 5.69 Å². The van der Waals surface area contributed by atoms with Crippen LogP contribution in [0, 0.1) is 5.92 Å². The van der Waals surface area contributed by atoms with Crippen molar-refractivity contribution < 1.29 is 14.3 Å². The van der Waals surface area contributed by atoms with Gasteiger partial charge in [0.25, 0.3) is 0 Å². The molecule has 0 aliphatic carbocycles. The average Bonchev–Trinajstić information content (AvgIpc) is 3.20. The summed E-state index contributed by atoms with van der Waals surface area (Å²) in [6.45, 7) is 0.907. The van der Waals surface area contributed by atoms with Crippen molar-refractivity contribution in [2.24, 2.45) is 5.92 Å². The second-order valence-electron chi connectivity index (χ2n) is 8.65. The van der Waals surface area contributed by atoms with Gasteiger partial charge in [-0.3, -0.25) is 19.0 Å². The number of amides is 2. The molecule has 1 aromatic heterocycles. The number of aromatic nitrogens is 1. The minimum atomic E-state index is -0.185. The zero-order valence-electron chi connectivity index (χ0n) is 19.4. The number of hydrogen-bond acceptors (Lipinski definition) is 5. The molecule has 4 aromatic rings. The Hall–Kier alpha value is -3.62. The van der Waals surface area contributed by atoms with Crippen LogP contribution in [0.3, 0.4) is 0 Å². The van der Waals surface area contributed by atoms with E-state index >= 15 is 0 Å². The average molecular weight is 522 g/mol. The van der Waals surface area contributed by atoms with E-state index in [-0.39, 0.29) is 29.1 Å². The van der Waals surface area contributed by atoms with Crippen molar-refractivity contribution in [3.8, 4) is 11.5 Å². The molecule has 1 fully saturated rings. The number of ether oxygens (including phenoxy) is 1. The number of anilines is 1. The van der Waals surface area contributed by atoms with Gasteiger partial charge in [0.15, 0.2) is 0 Å². The highest BCUT2D eigenvalue weighted by Crippen LogP contribution is 2.25. The van der Waals surface area contributed by atoms with Crippen molar-refractivity contribution in [3.05, 3.63) is 87.5 Å². The molecule has 36 heavy (non-hydrogen) atoms. The van der Waals surface area contributed by atoms with E-state index in [4.69, 9.17) is 16.3 Å². The van der Waals surface area contributed by atoms with E-state index in [1.807, 2.05) is 54.6 Å². The fourth-order valence-electron chi connectivity index (χ4n) is 4.29. The molecule has 1 aliphatic rings. The molecule has 0 saturated carbocycles. The molecule has 0 bridgehead atoms. The highest BCUT2D eigenvalue weighted by molar-refractivity contribution is 7.16. The lowest BCUT2D eigenvalue weighted by molar-refractivity contribution is -0.135. The predicted molar refractivity (Wildman–Crippen MR) is 142 cm³/mol. The standard InChI is InChI=1S/C27H24ClN3O4S/c28-19-6-11-24-23(16-19)31(27(34)36-24)17-25(32)30-14-12-18(13-15-30)26(33)29-20-7-9-22(10-8-20)35-21-4-2-1-3-5-21/h1-11,16,18H,12-15,17H2,(H,29,33). The van der Waals surface area contributed by atoms with Crippen molar-refractivity contribution in [3.63, 3.8) is 0 Å². The van der Waals surface area contributed by atoms with Gasteiger partial charge in [0, 0.05) is 29.7 Å². The Morgan fingerprint density at radius 1 is 0.972 bits per heavy atom. The van der Waals surface area contributed by atoms with Crippen molar-refractivity contribution in [2.75, 3.05) is 18.4 Å². The predicted octanol–water partition coefficient (Wildman–Crippen LogP) is 5.39. The monoisotopic (exact) mass is 521 g/mol. The number of para-hydroxylation sites is 1. The summed E-state index contributed by atoms with van der Waals surface area (Å²) in [7, 11) is 0. The van der Waals surface area contributed by atoms with E-state index in [1.54, 1.807) is 23.1 Å². The lowest BCUT2D eigenvalue weighted by Crippen LogP contribution is -2.43. The Labute approximate surface area is 216 Å².